The van der Waals surface area contributed by atoms with E-state index in [1.54, 1.807) is 18.0 Å². The van der Waals surface area contributed by atoms with Gasteiger partial charge in [-0.25, -0.2) is 0 Å². The Morgan fingerprint density at radius 3 is 2.56 bits per heavy atom. The van der Waals surface area contributed by atoms with Crippen molar-refractivity contribution >= 4 is 52.9 Å². The van der Waals surface area contributed by atoms with Gasteiger partial charge in [-0.15, -0.1) is 0 Å². The van der Waals surface area contributed by atoms with Crippen molar-refractivity contribution in [2.75, 3.05) is 0 Å². The Morgan fingerprint density at radius 2 is 1.89 bits per heavy atom. The van der Waals surface area contributed by atoms with Crippen molar-refractivity contribution in [1.82, 2.24) is 0 Å². The third kappa shape index (κ3) is 3.67. The van der Waals surface area contributed by atoms with Crippen LogP contribution < -0.4 is 0 Å². The second kappa shape index (κ2) is 6.69. The fourth-order valence-electron chi connectivity index (χ4n) is 1.38. The Morgan fingerprint density at radius 1 is 1.11 bits per heavy atom. The van der Waals surface area contributed by atoms with E-state index >= 15 is 0 Å². The predicted molar refractivity (Wildman–Crippen MR) is 83.8 cm³/mol. The van der Waals surface area contributed by atoms with Crippen LogP contribution in [-0.4, -0.2) is 11.6 Å². The van der Waals surface area contributed by atoms with Gasteiger partial charge in [0.2, 0.25) is 0 Å². The molecule has 2 aromatic rings. The lowest BCUT2D eigenvalue weighted by Gasteiger charge is -2.04. The zero-order valence-corrected chi connectivity index (χ0v) is 11.8. The van der Waals surface area contributed by atoms with Gasteiger partial charge in [-0.05, 0) is 30.3 Å². The Labute approximate surface area is 121 Å². The van der Waals surface area contributed by atoms with Crippen molar-refractivity contribution in [1.29, 1.82) is 0 Å². The molecule has 0 aliphatic carbocycles. The van der Waals surface area contributed by atoms with Crippen LogP contribution in [0.5, 0.6) is 0 Å². The SMILES string of the molecule is S=CC=Nc1ccc(Sc2ccccc2)c(Cl)c1. The van der Waals surface area contributed by atoms with E-state index in [2.05, 4.69) is 29.3 Å². The van der Waals surface area contributed by atoms with E-state index in [9.17, 15) is 0 Å². The van der Waals surface area contributed by atoms with E-state index in [0.29, 0.717) is 5.02 Å². The lowest BCUT2D eigenvalue weighted by molar-refractivity contribution is 1.39. The topological polar surface area (TPSA) is 12.4 Å². The molecular weight excluding hydrogens is 282 g/mol. The van der Waals surface area contributed by atoms with Crippen molar-refractivity contribution in [3.05, 3.63) is 53.6 Å². The summed E-state index contributed by atoms with van der Waals surface area (Å²) in [6, 6.07) is 15.8. The van der Waals surface area contributed by atoms with E-state index in [1.807, 2.05) is 36.4 Å². The highest BCUT2D eigenvalue weighted by atomic mass is 35.5. The summed E-state index contributed by atoms with van der Waals surface area (Å²) in [5.74, 6) is 0. The van der Waals surface area contributed by atoms with Crippen LogP contribution >= 0.6 is 35.6 Å². The monoisotopic (exact) mass is 291 g/mol. The minimum Gasteiger partial charge on any atom is -0.256 e. The minimum atomic E-state index is 0.697. The van der Waals surface area contributed by atoms with Gasteiger partial charge in [0.25, 0.3) is 0 Å². The van der Waals surface area contributed by atoms with Crippen molar-refractivity contribution in [3.63, 3.8) is 0 Å². The van der Waals surface area contributed by atoms with Gasteiger partial charge in [-0.3, -0.25) is 4.99 Å². The highest BCUT2D eigenvalue weighted by Gasteiger charge is 2.03. The first-order chi connectivity index (χ1) is 8.79. The Bertz CT molecular complexity index is 567. The average molecular weight is 292 g/mol. The number of benzene rings is 2. The Balaban J connectivity index is 2.20. The third-order valence-corrected chi connectivity index (χ3v) is 3.80. The van der Waals surface area contributed by atoms with Crippen molar-refractivity contribution in [2.24, 2.45) is 4.99 Å². The first kappa shape index (κ1) is 13.3. The smallest absolute Gasteiger partial charge is 0.0645 e. The molecule has 0 aliphatic rings. The van der Waals surface area contributed by atoms with Crippen LogP contribution in [0.3, 0.4) is 0 Å². The predicted octanol–water partition coefficient (Wildman–Crippen LogP) is 5.19. The number of hydrogen-bond acceptors (Lipinski definition) is 3. The van der Waals surface area contributed by atoms with Crippen molar-refractivity contribution < 1.29 is 0 Å². The summed E-state index contributed by atoms with van der Waals surface area (Å²) >= 11 is 12.5. The first-order valence-corrected chi connectivity index (χ1v) is 6.96. The third-order valence-electron chi connectivity index (χ3n) is 2.17. The molecule has 0 saturated heterocycles. The number of halogens is 1. The molecule has 0 bridgehead atoms. The lowest BCUT2D eigenvalue weighted by atomic mass is 10.3. The highest BCUT2D eigenvalue weighted by molar-refractivity contribution is 7.99. The summed E-state index contributed by atoms with van der Waals surface area (Å²) in [5.41, 5.74) is 0.804. The van der Waals surface area contributed by atoms with Gasteiger partial charge in [0.15, 0.2) is 0 Å². The molecule has 0 N–H and O–H groups in total. The number of nitrogens with zero attached hydrogens (tertiary/aromatic N) is 1. The number of aliphatic imine (C=N–C) groups is 1. The largest absolute Gasteiger partial charge is 0.256 e. The molecule has 0 amide bonds. The molecule has 1 nitrogen and oxygen atoms in total. The van der Waals surface area contributed by atoms with Gasteiger partial charge in [0, 0.05) is 21.4 Å². The molecule has 0 radical (unpaired) electrons. The maximum absolute atomic E-state index is 6.23. The van der Waals surface area contributed by atoms with Gasteiger partial charge < -0.3 is 0 Å². The quantitative estimate of drug-likeness (QED) is 0.567. The average Bonchev–Trinajstić information content (AvgIpc) is 2.40. The Hall–Kier alpha value is -1.16. The van der Waals surface area contributed by atoms with Crippen LogP contribution in [0.1, 0.15) is 0 Å². The van der Waals surface area contributed by atoms with Crippen molar-refractivity contribution in [3.8, 4) is 0 Å². The minimum absolute atomic E-state index is 0.697. The number of thiocarbonyl (C=S) groups is 1. The molecule has 0 atom stereocenters. The summed E-state index contributed by atoms with van der Waals surface area (Å²) in [6.45, 7) is 0. The molecule has 0 spiro atoms. The zero-order valence-electron chi connectivity index (χ0n) is 9.42. The van der Waals surface area contributed by atoms with E-state index < -0.39 is 0 Å². The molecule has 0 saturated carbocycles. The molecule has 2 aromatic carbocycles. The van der Waals surface area contributed by atoms with Crippen LogP contribution in [0.4, 0.5) is 5.69 Å². The molecule has 0 unspecified atom stereocenters. The standard InChI is InChI=1S/C14H10ClNS2/c15-13-10-11(16-8-9-17)6-7-14(13)18-12-4-2-1-3-5-12/h1-10H. The summed E-state index contributed by atoms with van der Waals surface area (Å²) in [4.78, 5) is 6.33. The van der Waals surface area contributed by atoms with Crippen molar-refractivity contribution in [2.45, 2.75) is 9.79 Å². The molecule has 0 fully saturated rings. The van der Waals surface area contributed by atoms with E-state index in [-0.39, 0.29) is 0 Å². The maximum Gasteiger partial charge on any atom is 0.0645 e. The van der Waals surface area contributed by atoms with Gasteiger partial charge in [-0.1, -0.05) is 53.8 Å². The molecule has 2 rings (SSSR count). The Kier molecular flexibility index (Phi) is 4.93. The van der Waals surface area contributed by atoms with E-state index in [1.165, 1.54) is 5.37 Å². The summed E-state index contributed by atoms with van der Waals surface area (Å²) in [7, 11) is 0. The summed E-state index contributed by atoms with van der Waals surface area (Å²) in [5, 5.41) is 2.17. The van der Waals surface area contributed by atoms with Gasteiger partial charge in [-0.2, -0.15) is 0 Å². The highest BCUT2D eigenvalue weighted by Crippen LogP contribution is 2.35. The van der Waals surface area contributed by atoms with E-state index in [0.717, 1.165) is 15.5 Å². The maximum atomic E-state index is 6.23. The molecule has 4 heteroatoms. The number of hydrogen-bond donors (Lipinski definition) is 0. The van der Waals surface area contributed by atoms with Crippen LogP contribution in [0.25, 0.3) is 0 Å². The molecule has 0 aromatic heterocycles. The molecule has 18 heavy (non-hydrogen) atoms. The summed E-state index contributed by atoms with van der Waals surface area (Å²) in [6.07, 6.45) is 1.57. The van der Waals surface area contributed by atoms with Crippen LogP contribution in [0.2, 0.25) is 5.02 Å². The summed E-state index contributed by atoms with van der Waals surface area (Å²) < 4.78 is 0. The van der Waals surface area contributed by atoms with Gasteiger partial charge >= 0.3 is 0 Å². The van der Waals surface area contributed by atoms with Crippen LogP contribution in [-0.2, 0) is 0 Å². The molecule has 90 valence electrons. The van der Waals surface area contributed by atoms with E-state index in [4.69, 9.17) is 11.6 Å². The molecular formula is C14H10ClNS2. The normalized spacial score (nSPS) is 10.7. The fraction of sp³-hybridized carbons (Fsp3) is 0. The van der Waals surface area contributed by atoms with Crippen LogP contribution in [0.15, 0.2) is 63.3 Å². The fourth-order valence-corrected chi connectivity index (χ4v) is 2.58. The molecule has 0 aliphatic heterocycles. The van der Waals surface area contributed by atoms with Gasteiger partial charge in [0.1, 0.15) is 0 Å². The second-order valence-corrected chi connectivity index (χ2v) is 5.24. The second-order valence-electron chi connectivity index (χ2n) is 3.44. The number of rotatable bonds is 4. The molecule has 0 heterocycles. The van der Waals surface area contributed by atoms with Crippen LogP contribution in [0, 0.1) is 0 Å². The first-order valence-electron chi connectivity index (χ1n) is 5.30. The van der Waals surface area contributed by atoms with Gasteiger partial charge in [0.05, 0.1) is 10.7 Å². The zero-order chi connectivity index (χ0) is 12.8. The lowest BCUT2D eigenvalue weighted by Crippen LogP contribution is -1.77.